The van der Waals surface area contributed by atoms with Crippen molar-refractivity contribution in [2.24, 2.45) is 0 Å². The molecule has 2 aromatic carbocycles. The first kappa shape index (κ1) is 26.5. The van der Waals surface area contributed by atoms with Crippen LogP contribution in [0.4, 0.5) is 35.5 Å². The highest BCUT2D eigenvalue weighted by Gasteiger charge is 2.22. The Morgan fingerprint density at radius 2 is 1.69 bits per heavy atom. The lowest BCUT2D eigenvalue weighted by Crippen LogP contribution is -2.53. The van der Waals surface area contributed by atoms with Crippen LogP contribution in [0.5, 0.6) is 0 Å². The minimum atomic E-state index is -1.63. The van der Waals surface area contributed by atoms with Crippen LogP contribution in [-0.2, 0) is 0 Å². The summed E-state index contributed by atoms with van der Waals surface area (Å²) in [6.07, 6.45) is 0.345. The number of carbonyl (C=O) groups is 1. The highest BCUT2D eigenvalue weighted by Crippen LogP contribution is 2.31. The van der Waals surface area contributed by atoms with Gasteiger partial charge in [0, 0.05) is 43.1 Å². The van der Waals surface area contributed by atoms with E-state index in [0.717, 1.165) is 48.9 Å². The second-order valence-corrected chi connectivity index (χ2v) is 8.97. The van der Waals surface area contributed by atoms with Crippen LogP contribution in [-0.4, -0.2) is 55.1 Å². The molecular weight excluding hydrogens is 477 g/mol. The van der Waals surface area contributed by atoms with Crippen molar-refractivity contribution in [3.63, 3.8) is 0 Å². The van der Waals surface area contributed by atoms with Gasteiger partial charge in [-0.15, -0.1) is 0 Å². The summed E-state index contributed by atoms with van der Waals surface area (Å²) in [7, 11) is 1.96. The number of thiazole rings is 1. The number of carbonyl (C=O) groups excluding carboxylic acids is 1. The van der Waals surface area contributed by atoms with E-state index in [-0.39, 0.29) is 23.7 Å². The van der Waals surface area contributed by atoms with Crippen molar-refractivity contribution < 1.29 is 18.0 Å². The average Bonchev–Trinajstić information content (AvgIpc) is 3.21. The van der Waals surface area contributed by atoms with Gasteiger partial charge in [0.1, 0.15) is 10.7 Å². The van der Waals surface area contributed by atoms with E-state index < -0.39 is 23.2 Å². The molecule has 0 amide bonds. The molecule has 0 spiro atoms. The molecule has 4 rings (SSSR count). The Balaban J connectivity index is 0.00000342. The fourth-order valence-electron chi connectivity index (χ4n) is 3.79. The fraction of sp³-hybridized carbons (Fsp3) is 0.333. The van der Waals surface area contributed by atoms with E-state index in [0.29, 0.717) is 23.4 Å². The fourth-order valence-corrected chi connectivity index (χ4v) is 4.66. The number of anilines is 4. The second-order valence-electron chi connectivity index (χ2n) is 7.98. The predicted molar refractivity (Wildman–Crippen MR) is 135 cm³/mol. The average molecular weight is 507 g/mol. The van der Waals surface area contributed by atoms with Crippen LogP contribution in [0.25, 0.3) is 0 Å². The molecule has 3 aromatic rings. The lowest BCUT2D eigenvalue weighted by molar-refractivity contribution is 0.104. The van der Waals surface area contributed by atoms with Gasteiger partial charge in [-0.25, -0.2) is 18.2 Å². The molecule has 35 heavy (non-hydrogen) atoms. The minimum absolute atomic E-state index is 0. The van der Waals surface area contributed by atoms with Crippen molar-refractivity contribution in [2.75, 3.05) is 49.2 Å². The quantitative estimate of drug-likeness (QED) is 0.323. The highest BCUT2D eigenvalue weighted by atomic mass is 32.1. The number of halogens is 3. The molecule has 7 nitrogen and oxygen atoms in total. The van der Waals surface area contributed by atoms with Gasteiger partial charge in [-0.05, 0) is 50.4 Å². The van der Waals surface area contributed by atoms with Gasteiger partial charge in [0.25, 0.3) is 0 Å². The zero-order chi connectivity index (χ0) is 24.4. The molecule has 1 aliphatic rings. The van der Waals surface area contributed by atoms with E-state index in [1.165, 1.54) is 0 Å². The van der Waals surface area contributed by atoms with Crippen LogP contribution in [0, 0.1) is 17.5 Å². The predicted octanol–water partition coefficient (Wildman–Crippen LogP) is 4.44. The van der Waals surface area contributed by atoms with Crippen LogP contribution in [0.1, 0.15) is 29.6 Å². The minimum Gasteiger partial charge on any atom is -0.382 e. The van der Waals surface area contributed by atoms with Crippen molar-refractivity contribution >= 4 is 39.4 Å². The van der Waals surface area contributed by atoms with E-state index in [2.05, 4.69) is 32.3 Å². The van der Waals surface area contributed by atoms with Gasteiger partial charge in [-0.3, -0.25) is 9.69 Å². The van der Waals surface area contributed by atoms with Gasteiger partial charge in [0.2, 0.25) is 5.78 Å². The summed E-state index contributed by atoms with van der Waals surface area (Å²) in [5.41, 5.74) is 7.38. The molecule has 0 bridgehead atoms. The molecule has 0 saturated carbocycles. The lowest BCUT2D eigenvalue weighted by atomic mass is 10.1. The van der Waals surface area contributed by atoms with Crippen LogP contribution in [0.3, 0.4) is 0 Å². The van der Waals surface area contributed by atoms with Crippen molar-refractivity contribution in [3.05, 3.63) is 64.3 Å². The maximum atomic E-state index is 13.5. The SMILES string of the molecule is C.CNC(C)N1CCN(c2ccc(Nc3nc(N)c(C(=O)c4cc(F)c(F)c(F)c4)s3)cc2)CC1. The van der Waals surface area contributed by atoms with Crippen molar-refractivity contribution in [3.8, 4) is 0 Å². The normalized spacial score (nSPS) is 14.9. The monoisotopic (exact) mass is 506 g/mol. The molecule has 1 unspecified atom stereocenters. The van der Waals surface area contributed by atoms with Crippen LogP contribution in [0.2, 0.25) is 0 Å². The molecule has 188 valence electrons. The largest absolute Gasteiger partial charge is 0.382 e. The number of nitrogen functional groups attached to an aromatic ring is 1. The number of aromatic nitrogens is 1. The molecule has 1 aromatic heterocycles. The van der Waals surface area contributed by atoms with Crippen molar-refractivity contribution in [1.82, 2.24) is 15.2 Å². The Bertz CT molecular complexity index is 1160. The zero-order valence-electron chi connectivity index (χ0n) is 18.7. The molecule has 1 atom stereocenters. The molecule has 11 heteroatoms. The number of nitrogens with zero attached hydrogens (tertiary/aromatic N) is 3. The number of nitrogens with one attached hydrogen (secondary N) is 2. The first-order valence-corrected chi connectivity index (χ1v) is 11.6. The van der Waals surface area contributed by atoms with Gasteiger partial charge >= 0.3 is 0 Å². The zero-order valence-corrected chi connectivity index (χ0v) is 19.6. The molecule has 1 aliphatic heterocycles. The van der Waals surface area contributed by atoms with E-state index in [4.69, 9.17) is 5.73 Å². The summed E-state index contributed by atoms with van der Waals surface area (Å²) in [6.45, 7) is 5.95. The summed E-state index contributed by atoms with van der Waals surface area (Å²) >= 11 is 0.953. The molecule has 1 saturated heterocycles. The maximum Gasteiger partial charge on any atom is 0.207 e. The number of benzene rings is 2. The van der Waals surface area contributed by atoms with E-state index in [9.17, 15) is 18.0 Å². The van der Waals surface area contributed by atoms with Gasteiger partial charge in [-0.2, -0.15) is 0 Å². The van der Waals surface area contributed by atoms with E-state index in [1.807, 2.05) is 31.3 Å². The van der Waals surface area contributed by atoms with E-state index >= 15 is 0 Å². The topological polar surface area (TPSA) is 86.5 Å². The Labute approximate surface area is 206 Å². The van der Waals surface area contributed by atoms with Crippen LogP contribution >= 0.6 is 11.3 Å². The standard InChI is InChI=1S/C23H25F3N6OS.CH4/c1-13(28-2)31-7-9-32(10-8-31)16-5-3-15(4-6-16)29-23-30-22(27)21(34-23)20(33)14-11-17(24)19(26)18(25)12-14;/h3-6,11-13,28H,7-10,27H2,1-2H3,(H,29,30);1H4. The summed E-state index contributed by atoms with van der Waals surface area (Å²) in [5, 5.41) is 6.71. The third-order valence-corrected chi connectivity index (χ3v) is 6.85. The number of nitrogens with two attached hydrogens (primary N) is 1. The Kier molecular flexibility index (Phi) is 8.36. The third-order valence-electron chi connectivity index (χ3n) is 5.87. The van der Waals surface area contributed by atoms with Crippen molar-refractivity contribution in [2.45, 2.75) is 20.5 Å². The Hall–Kier alpha value is -3.15. The smallest absolute Gasteiger partial charge is 0.207 e. The molecule has 0 aliphatic carbocycles. The number of hydrogen-bond donors (Lipinski definition) is 3. The highest BCUT2D eigenvalue weighted by molar-refractivity contribution is 7.18. The molecule has 2 heterocycles. The van der Waals surface area contributed by atoms with Gasteiger partial charge < -0.3 is 21.3 Å². The summed E-state index contributed by atoms with van der Waals surface area (Å²) in [5.74, 6) is -5.32. The first-order chi connectivity index (χ1) is 16.3. The van der Waals surface area contributed by atoms with Gasteiger partial charge in [0.05, 0.1) is 6.17 Å². The summed E-state index contributed by atoms with van der Waals surface area (Å²) < 4.78 is 40.2. The molecular formula is C24H29F3N6OS. The first-order valence-electron chi connectivity index (χ1n) is 10.8. The number of ketones is 1. The maximum absolute atomic E-state index is 13.5. The molecule has 1 fully saturated rings. The van der Waals surface area contributed by atoms with Gasteiger partial charge in [0.15, 0.2) is 22.6 Å². The summed E-state index contributed by atoms with van der Waals surface area (Å²) in [6, 6.07) is 9.11. The van der Waals surface area contributed by atoms with E-state index in [1.54, 1.807) is 0 Å². The van der Waals surface area contributed by atoms with Gasteiger partial charge in [-0.1, -0.05) is 18.8 Å². The molecule has 0 radical (unpaired) electrons. The molecule has 4 N–H and O–H groups in total. The Morgan fingerprint density at radius 3 is 2.26 bits per heavy atom. The number of piperazine rings is 1. The Morgan fingerprint density at radius 1 is 1.09 bits per heavy atom. The third kappa shape index (κ3) is 5.75. The number of hydrogen-bond acceptors (Lipinski definition) is 8. The van der Waals surface area contributed by atoms with Crippen molar-refractivity contribution in [1.29, 1.82) is 0 Å². The lowest BCUT2D eigenvalue weighted by Gasteiger charge is -2.39. The summed E-state index contributed by atoms with van der Waals surface area (Å²) in [4.78, 5) is 21.5. The number of rotatable bonds is 7. The van der Waals surface area contributed by atoms with Crippen LogP contribution in [0.15, 0.2) is 36.4 Å². The van der Waals surface area contributed by atoms with Crippen LogP contribution < -0.4 is 21.3 Å². The second kappa shape index (κ2) is 11.1.